The summed E-state index contributed by atoms with van der Waals surface area (Å²) in [6.07, 6.45) is 7.83. The lowest BCUT2D eigenvalue weighted by molar-refractivity contribution is 0.309. The Balaban J connectivity index is 1.38. The van der Waals surface area contributed by atoms with Crippen molar-refractivity contribution in [2.24, 2.45) is 10.4 Å². The molecule has 2 atom stereocenters. The molecule has 2 unspecified atom stereocenters. The first-order chi connectivity index (χ1) is 11.2. The van der Waals surface area contributed by atoms with Crippen LogP contribution in [0.2, 0.25) is 0 Å². The molecular weight excluding hydrogens is 289 g/mol. The van der Waals surface area contributed by atoms with Gasteiger partial charge in [-0.25, -0.2) is 4.39 Å². The Bertz CT molecular complexity index is 606. The van der Waals surface area contributed by atoms with E-state index in [4.69, 9.17) is 0 Å². The van der Waals surface area contributed by atoms with E-state index in [2.05, 4.69) is 15.2 Å². The van der Waals surface area contributed by atoms with Crippen molar-refractivity contribution < 1.29 is 4.39 Å². The van der Waals surface area contributed by atoms with Gasteiger partial charge >= 0.3 is 0 Å². The van der Waals surface area contributed by atoms with Crippen LogP contribution < -0.4 is 5.32 Å². The van der Waals surface area contributed by atoms with Gasteiger partial charge in [-0.3, -0.25) is 4.99 Å². The zero-order valence-electron chi connectivity index (χ0n) is 13.9. The molecule has 3 nitrogen and oxygen atoms in total. The normalized spacial score (nSPS) is 29.3. The van der Waals surface area contributed by atoms with E-state index < -0.39 is 0 Å². The van der Waals surface area contributed by atoms with Crippen molar-refractivity contribution in [1.29, 1.82) is 0 Å². The summed E-state index contributed by atoms with van der Waals surface area (Å²) in [5, 5.41) is 3.57. The molecule has 3 aliphatic rings. The second kappa shape index (κ2) is 5.81. The third-order valence-electron chi connectivity index (χ3n) is 6.02. The number of benzene rings is 1. The largest absolute Gasteiger partial charge is 0.353 e. The number of rotatable bonds is 2. The highest BCUT2D eigenvalue weighted by Crippen LogP contribution is 2.46. The van der Waals surface area contributed by atoms with Crippen molar-refractivity contribution in [1.82, 2.24) is 10.2 Å². The van der Waals surface area contributed by atoms with Gasteiger partial charge < -0.3 is 10.2 Å². The molecule has 0 amide bonds. The molecule has 4 heteroatoms. The summed E-state index contributed by atoms with van der Waals surface area (Å²) >= 11 is 0. The predicted octanol–water partition coefficient (Wildman–Crippen LogP) is 3.52. The van der Waals surface area contributed by atoms with Crippen LogP contribution in [0.1, 0.15) is 50.0 Å². The van der Waals surface area contributed by atoms with Crippen molar-refractivity contribution in [3.8, 4) is 0 Å². The molecule has 23 heavy (non-hydrogen) atoms. The molecule has 0 radical (unpaired) electrons. The number of hydrogen-bond acceptors (Lipinski definition) is 1. The van der Waals surface area contributed by atoms with Crippen molar-refractivity contribution >= 4 is 5.96 Å². The monoisotopic (exact) mass is 315 g/mol. The number of nitrogens with zero attached hydrogens (tertiary/aromatic N) is 2. The summed E-state index contributed by atoms with van der Waals surface area (Å²) in [6.45, 7) is 2.25. The number of hydrogen-bond donors (Lipinski definition) is 1. The highest BCUT2D eigenvalue weighted by molar-refractivity contribution is 5.81. The second-order valence-electron chi connectivity index (χ2n) is 7.54. The molecule has 0 aromatic heterocycles. The van der Waals surface area contributed by atoms with Gasteiger partial charge in [0.1, 0.15) is 5.82 Å². The Kier molecular flexibility index (Phi) is 3.78. The van der Waals surface area contributed by atoms with Crippen LogP contribution in [0.25, 0.3) is 0 Å². The third-order valence-corrected chi connectivity index (χ3v) is 6.02. The molecule has 2 saturated carbocycles. The maximum atomic E-state index is 13.9. The number of nitrogens with one attached hydrogen (secondary N) is 1. The Morgan fingerprint density at radius 2 is 2.04 bits per heavy atom. The van der Waals surface area contributed by atoms with E-state index in [1.807, 2.05) is 19.2 Å². The Morgan fingerprint density at radius 1 is 1.26 bits per heavy atom. The van der Waals surface area contributed by atoms with Crippen LogP contribution in [0.4, 0.5) is 4.39 Å². The van der Waals surface area contributed by atoms with E-state index in [9.17, 15) is 4.39 Å². The quantitative estimate of drug-likeness (QED) is 0.668. The Morgan fingerprint density at radius 3 is 2.78 bits per heavy atom. The molecule has 2 aliphatic carbocycles. The molecule has 4 rings (SSSR count). The first kappa shape index (κ1) is 15.0. The van der Waals surface area contributed by atoms with Gasteiger partial charge in [0.15, 0.2) is 5.96 Å². The van der Waals surface area contributed by atoms with Crippen LogP contribution in [-0.4, -0.2) is 37.0 Å². The van der Waals surface area contributed by atoms with Gasteiger partial charge in [-0.15, -0.1) is 0 Å². The van der Waals surface area contributed by atoms with E-state index in [-0.39, 0.29) is 11.7 Å². The van der Waals surface area contributed by atoms with E-state index in [0.717, 1.165) is 31.0 Å². The van der Waals surface area contributed by atoms with Crippen molar-refractivity contribution in [2.45, 2.75) is 50.5 Å². The molecule has 1 N–H and O–H groups in total. The first-order valence-electron chi connectivity index (χ1n) is 8.93. The summed E-state index contributed by atoms with van der Waals surface area (Å²) in [5.74, 6) is 1.22. The van der Waals surface area contributed by atoms with E-state index in [1.54, 1.807) is 12.1 Å². The average molecular weight is 315 g/mol. The van der Waals surface area contributed by atoms with Gasteiger partial charge in [-0.2, -0.15) is 0 Å². The number of aliphatic imine (C=N–C) groups is 1. The van der Waals surface area contributed by atoms with Gasteiger partial charge in [-0.05, 0) is 42.7 Å². The highest BCUT2D eigenvalue weighted by Gasteiger charge is 2.44. The lowest BCUT2D eigenvalue weighted by atomic mass is 9.86. The maximum absolute atomic E-state index is 13.9. The summed E-state index contributed by atoms with van der Waals surface area (Å²) in [4.78, 5) is 6.91. The second-order valence-corrected chi connectivity index (χ2v) is 7.54. The maximum Gasteiger partial charge on any atom is 0.193 e. The summed E-state index contributed by atoms with van der Waals surface area (Å²) in [7, 11) is 1.86. The van der Waals surface area contributed by atoms with E-state index in [1.165, 1.54) is 32.1 Å². The highest BCUT2D eigenvalue weighted by atomic mass is 19.1. The van der Waals surface area contributed by atoms with Gasteiger partial charge in [0.05, 0.1) is 0 Å². The summed E-state index contributed by atoms with van der Waals surface area (Å²) in [6, 6.07) is 7.48. The molecule has 1 heterocycles. The molecule has 1 saturated heterocycles. The molecule has 3 fully saturated rings. The van der Waals surface area contributed by atoms with Gasteiger partial charge in [0, 0.05) is 32.1 Å². The topological polar surface area (TPSA) is 27.6 Å². The molecule has 124 valence electrons. The van der Waals surface area contributed by atoms with Crippen LogP contribution in [0.15, 0.2) is 29.3 Å². The van der Waals surface area contributed by atoms with E-state index >= 15 is 0 Å². The minimum absolute atomic E-state index is 0.0807. The number of halogens is 1. The van der Waals surface area contributed by atoms with Crippen LogP contribution in [-0.2, 0) is 0 Å². The Hall–Kier alpha value is -1.58. The first-order valence-corrected chi connectivity index (χ1v) is 8.93. The Labute approximate surface area is 138 Å². The van der Waals surface area contributed by atoms with Crippen LogP contribution in [0.5, 0.6) is 0 Å². The minimum atomic E-state index is -0.0807. The fourth-order valence-electron chi connectivity index (χ4n) is 4.59. The number of guanidine groups is 1. The fourth-order valence-corrected chi connectivity index (χ4v) is 4.59. The molecule has 1 aromatic rings. The van der Waals surface area contributed by atoms with Crippen LogP contribution in [0.3, 0.4) is 0 Å². The zero-order valence-corrected chi connectivity index (χ0v) is 13.9. The SMILES string of the molecule is CN=C(NC1CC1c1ccccc1F)N1CCC2(CCCC2)C1. The fraction of sp³-hybridized carbons (Fsp3) is 0.632. The van der Waals surface area contributed by atoms with Crippen LogP contribution >= 0.6 is 0 Å². The van der Waals surface area contributed by atoms with Crippen molar-refractivity contribution in [3.05, 3.63) is 35.6 Å². The number of likely N-dealkylation sites (tertiary alicyclic amines) is 1. The van der Waals surface area contributed by atoms with Gasteiger partial charge in [0.25, 0.3) is 0 Å². The van der Waals surface area contributed by atoms with Crippen LogP contribution in [0, 0.1) is 11.2 Å². The van der Waals surface area contributed by atoms with Gasteiger partial charge in [0.2, 0.25) is 0 Å². The van der Waals surface area contributed by atoms with Gasteiger partial charge in [-0.1, -0.05) is 31.0 Å². The molecule has 1 spiro atoms. The lowest BCUT2D eigenvalue weighted by Gasteiger charge is -2.26. The zero-order chi connectivity index (χ0) is 15.9. The average Bonchev–Trinajstić information content (AvgIpc) is 2.98. The smallest absolute Gasteiger partial charge is 0.193 e. The molecule has 1 aromatic carbocycles. The summed E-state index contributed by atoms with van der Waals surface area (Å²) in [5.41, 5.74) is 1.39. The molecule has 1 aliphatic heterocycles. The molecular formula is C19H26FN3. The van der Waals surface area contributed by atoms with Crippen molar-refractivity contribution in [3.63, 3.8) is 0 Å². The lowest BCUT2D eigenvalue weighted by Crippen LogP contribution is -2.42. The standard InChI is InChI=1S/C19H26FN3/c1-21-18(23-11-10-19(13-23)8-4-5-9-19)22-17-12-15(17)14-6-2-3-7-16(14)20/h2-3,6-7,15,17H,4-5,8-13H2,1H3,(H,21,22). The predicted molar refractivity (Wildman–Crippen MR) is 91.1 cm³/mol. The third kappa shape index (κ3) is 2.84. The van der Waals surface area contributed by atoms with Crippen molar-refractivity contribution in [2.75, 3.05) is 20.1 Å². The minimum Gasteiger partial charge on any atom is -0.353 e. The molecule has 0 bridgehead atoms. The summed E-state index contributed by atoms with van der Waals surface area (Å²) < 4.78 is 13.9. The van der Waals surface area contributed by atoms with E-state index in [0.29, 0.717) is 11.5 Å².